The summed E-state index contributed by atoms with van der Waals surface area (Å²) >= 11 is 6.79. The molecule has 1 atom stereocenters. The van der Waals surface area contributed by atoms with Gasteiger partial charge in [0.1, 0.15) is 5.65 Å². The molecule has 1 unspecified atom stereocenters. The second-order valence-corrected chi connectivity index (χ2v) is 14.4. The summed E-state index contributed by atoms with van der Waals surface area (Å²) < 4.78 is 2.30. The topological polar surface area (TPSA) is 17.3 Å². The Bertz CT molecular complexity index is 2270. The van der Waals surface area contributed by atoms with Gasteiger partial charge in [0.05, 0.1) is 16.6 Å². The summed E-state index contributed by atoms with van der Waals surface area (Å²) in [5.74, 6) is 0. The Morgan fingerprint density at radius 2 is 1.15 bits per heavy atom. The molecule has 0 aliphatic carbocycles. The van der Waals surface area contributed by atoms with E-state index in [1.165, 1.54) is 43.0 Å². The van der Waals surface area contributed by atoms with E-state index in [9.17, 15) is 0 Å². The highest BCUT2D eigenvalue weighted by Gasteiger charge is 2.26. The number of nitrogens with zero attached hydrogens (tertiary/aromatic N) is 2. The first-order valence-electron chi connectivity index (χ1n) is 13.1. The SMILES string of the molecule is S=P(c1ccccc1)(c1ccc2ccccc2c1)c1ccc2c3ccccc3n3c4ccccc4nc3c2c1. The average molecular weight is 535 g/mol. The molecule has 0 aliphatic heterocycles. The molecular weight excluding hydrogens is 511 g/mol. The number of benzene rings is 6. The van der Waals surface area contributed by atoms with Crippen LogP contribution in [0.4, 0.5) is 0 Å². The number of rotatable bonds is 3. The van der Waals surface area contributed by atoms with Crippen LogP contribution in [0, 0.1) is 0 Å². The third kappa shape index (κ3) is 3.34. The van der Waals surface area contributed by atoms with Gasteiger partial charge in [0, 0.05) is 16.8 Å². The smallest absolute Gasteiger partial charge is 0.146 e. The lowest BCUT2D eigenvalue weighted by molar-refractivity contribution is 1.32. The zero-order valence-corrected chi connectivity index (χ0v) is 22.7. The minimum Gasteiger partial charge on any atom is -0.292 e. The maximum atomic E-state index is 6.79. The highest BCUT2D eigenvalue weighted by molar-refractivity contribution is 8.25. The fourth-order valence-electron chi connectivity index (χ4n) is 5.95. The zero-order chi connectivity index (χ0) is 26.0. The molecule has 0 bridgehead atoms. The molecule has 39 heavy (non-hydrogen) atoms. The summed E-state index contributed by atoms with van der Waals surface area (Å²) in [6.45, 7) is 0. The van der Waals surface area contributed by atoms with Gasteiger partial charge in [-0.1, -0.05) is 121 Å². The molecule has 2 nitrogen and oxygen atoms in total. The van der Waals surface area contributed by atoms with Crippen LogP contribution >= 0.6 is 6.04 Å². The van der Waals surface area contributed by atoms with Crippen molar-refractivity contribution in [3.63, 3.8) is 0 Å². The molecule has 2 heterocycles. The molecule has 2 aromatic heterocycles. The molecule has 0 amide bonds. The molecule has 0 saturated heterocycles. The van der Waals surface area contributed by atoms with Crippen molar-refractivity contribution in [3.8, 4) is 0 Å². The summed E-state index contributed by atoms with van der Waals surface area (Å²) in [5.41, 5.74) is 4.25. The highest BCUT2D eigenvalue weighted by Crippen LogP contribution is 2.45. The maximum absolute atomic E-state index is 6.79. The molecule has 0 N–H and O–H groups in total. The van der Waals surface area contributed by atoms with Crippen LogP contribution in [0.25, 0.3) is 49.1 Å². The lowest BCUT2D eigenvalue weighted by Crippen LogP contribution is -2.24. The maximum Gasteiger partial charge on any atom is 0.146 e. The quantitative estimate of drug-likeness (QED) is 0.171. The highest BCUT2D eigenvalue weighted by atomic mass is 32.4. The van der Waals surface area contributed by atoms with Crippen LogP contribution in [-0.2, 0) is 11.8 Å². The van der Waals surface area contributed by atoms with Crippen LogP contribution in [0.3, 0.4) is 0 Å². The van der Waals surface area contributed by atoms with Crippen LogP contribution < -0.4 is 15.9 Å². The second kappa shape index (κ2) is 8.61. The van der Waals surface area contributed by atoms with Crippen LogP contribution in [0.2, 0.25) is 0 Å². The standard InChI is InChI=1S/C35H23N2PS/c39-38(26-12-2-1-3-13-26,27-19-18-24-10-4-5-11-25(24)22-27)28-20-21-29-30-14-6-8-16-33(30)37-34-17-9-7-15-32(34)36-35(37)31(29)23-28/h1-23H. The van der Waals surface area contributed by atoms with Crippen molar-refractivity contribution in [1.82, 2.24) is 9.38 Å². The van der Waals surface area contributed by atoms with Crippen LogP contribution in [-0.4, -0.2) is 9.38 Å². The van der Waals surface area contributed by atoms with Crippen molar-refractivity contribution >= 4 is 82.9 Å². The normalized spacial score (nSPS) is 13.4. The van der Waals surface area contributed by atoms with Gasteiger partial charge in [0.2, 0.25) is 0 Å². The first-order chi connectivity index (χ1) is 19.2. The monoisotopic (exact) mass is 534 g/mol. The zero-order valence-electron chi connectivity index (χ0n) is 21.0. The lowest BCUT2D eigenvalue weighted by atomic mass is 10.1. The van der Waals surface area contributed by atoms with Crippen LogP contribution in [0.1, 0.15) is 0 Å². The van der Waals surface area contributed by atoms with Gasteiger partial charge in [-0.05, 0) is 62.4 Å². The van der Waals surface area contributed by atoms with E-state index in [0.29, 0.717) is 0 Å². The Morgan fingerprint density at radius 1 is 0.487 bits per heavy atom. The van der Waals surface area contributed by atoms with Gasteiger partial charge in [0.15, 0.2) is 0 Å². The molecule has 6 aromatic carbocycles. The Labute approximate surface area is 231 Å². The number of hydrogen-bond acceptors (Lipinski definition) is 2. The van der Waals surface area contributed by atoms with Crippen molar-refractivity contribution in [1.29, 1.82) is 0 Å². The van der Waals surface area contributed by atoms with E-state index in [0.717, 1.165) is 22.1 Å². The molecule has 0 spiro atoms. The van der Waals surface area contributed by atoms with Crippen molar-refractivity contribution in [3.05, 3.63) is 140 Å². The van der Waals surface area contributed by atoms with Gasteiger partial charge in [0.25, 0.3) is 0 Å². The van der Waals surface area contributed by atoms with Crippen LogP contribution in [0.5, 0.6) is 0 Å². The first-order valence-corrected chi connectivity index (χ1v) is 15.9. The van der Waals surface area contributed by atoms with Gasteiger partial charge >= 0.3 is 0 Å². The lowest BCUT2D eigenvalue weighted by Gasteiger charge is -2.25. The Kier molecular flexibility index (Phi) is 5.00. The van der Waals surface area contributed by atoms with Crippen LogP contribution in [0.15, 0.2) is 140 Å². The molecular formula is C35H23N2PS. The number of hydrogen-bond donors (Lipinski definition) is 0. The molecule has 0 fully saturated rings. The van der Waals surface area contributed by atoms with Gasteiger partial charge in [-0.15, -0.1) is 0 Å². The fourth-order valence-corrected chi connectivity index (χ4v) is 9.69. The van der Waals surface area contributed by atoms with E-state index >= 15 is 0 Å². The van der Waals surface area contributed by atoms with Crippen molar-refractivity contribution in [2.24, 2.45) is 0 Å². The van der Waals surface area contributed by atoms with E-state index in [-0.39, 0.29) is 0 Å². The van der Waals surface area contributed by atoms with Gasteiger partial charge in [-0.25, -0.2) is 4.98 Å². The Hall–Kier alpha value is -4.30. The number of aromatic nitrogens is 2. The first kappa shape index (κ1) is 22.7. The Balaban J connectivity index is 1.49. The largest absolute Gasteiger partial charge is 0.292 e. The summed E-state index contributed by atoms with van der Waals surface area (Å²) in [4.78, 5) is 5.14. The third-order valence-electron chi connectivity index (χ3n) is 7.82. The van der Waals surface area contributed by atoms with E-state index in [1.807, 2.05) is 0 Å². The molecule has 8 aromatic rings. The van der Waals surface area contributed by atoms with Crippen molar-refractivity contribution < 1.29 is 0 Å². The number of para-hydroxylation sites is 3. The van der Waals surface area contributed by atoms with E-state index in [1.54, 1.807) is 0 Å². The number of imidazole rings is 1. The summed E-state index contributed by atoms with van der Waals surface area (Å²) in [6.07, 6.45) is 0. The number of pyridine rings is 1. The molecule has 4 heteroatoms. The van der Waals surface area contributed by atoms with Crippen molar-refractivity contribution in [2.75, 3.05) is 0 Å². The molecule has 8 rings (SSSR count). The van der Waals surface area contributed by atoms with Gasteiger partial charge < -0.3 is 0 Å². The minimum atomic E-state index is -2.36. The molecule has 0 saturated carbocycles. The van der Waals surface area contributed by atoms with Gasteiger partial charge in [-0.3, -0.25) is 4.40 Å². The number of fused-ring (bicyclic) bond motifs is 9. The Morgan fingerprint density at radius 3 is 2.03 bits per heavy atom. The van der Waals surface area contributed by atoms with E-state index in [2.05, 4.69) is 144 Å². The predicted octanol–water partition coefficient (Wildman–Crippen LogP) is 7.70. The van der Waals surface area contributed by atoms with E-state index < -0.39 is 6.04 Å². The van der Waals surface area contributed by atoms with E-state index in [4.69, 9.17) is 16.8 Å². The summed E-state index contributed by atoms with van der Waals surface area (Å²) in [7, 11) is 0. The molecule has 184 valence electrons. The van der Waals surface area contributed by atoms with Gasteiger partial charge in [-0.2, -0.15) is 0 Å². The average Bonchev–Trinajstić information content (AvgIpc) is 3.41. The third-order valence-corrected chi connectivity index (χ3v) is 12.8. The minimum absolute atomic E-state index is 0.972. The summed E-state index contributed by atoms with van der Waals surface area (Å²) in [6, 6.07) is 47.4. The predicted molar refractivity (Wildman–Crippen MR) is 171 cm³/mol. The molecule has 0 radical (unpaired) electrons. The fraction of sp³-hybridized carbons (Fsp3) is 0. The summed E-state index contributed by atoms with van der Waals surface area (Å²) in [5, 5.41) is 9.57. The second-order valence-electron chi connectivity index (χ2n) is 9.98. The molecule has 0 aliphatic rings. The van der Waals surface area contributed by atoms with Crippen molar-refractivity contribution in [2.45, 2.75) is 0 Å².